The van der Waals surface area contributed by atoms with Gasteiger partial charge in [0.05, 0.1) is 5.02 Å². The van der Waals surface area contributed by atoms with Gasteiger partial charge in [0.2, 0.25) is 0 Å². The number of carbonyl (C=O) groups excluding carboxylic acids is 1. The number of nitrogens with one attached hydrogen (secondary N) is 1. The number of carbonyl (C=O) groups is 1. The second-order valence-corrected chi connectivity index (χ2v) is 7.22. The lowest BCUT2D eigenvalue weighted by atomic mass is 9.88. The number of benzene rings is 1. The van der Waals surface area contributed by atoms with Crippen LogP contribution >= 0.6 is 27.5 Å². The fourth-order valence-electron chi connectivity index (χ4n) is 3.43. The summed E-state index contributed by atoms with van der Waals surface area (Å²) in [6, 6.07) is 6.07. The molecule has 0 saturated carbocycles. The second-order valence-electron chi connectivity index (χ2n) is 5.96. The molecule has 5 heteroatoms. The van der Waals surface area contributed by atoms with Gasteiger partial charge in [-0.2, -0.15) is 0 Å². The normalized spacial score (nSPS) is 23.5. The van der Waals surface area contributed by atoms with Crippen LogP contribution < -0.4 is 5.32 Å². The van der Waals surface area contributed by atoms with E-state index in [-0.39, 0.29) is 5.91 Å². The van der Waals surface area contributed by atoms with Crippen molar-refractivity contribution in [1.82, 2.24) is 10.2 Å². The van der Waals surface area contributed by atoms with Crippen LogP contribution in [-0.2, 0) is 0 Å². The Balaban J connectivity index is 1.60. The third-order valence-electron chi connectivity index (χ3n) is 4.66. The summed E-state index contributed by atoms with van der Waals surface area (Å²) in [6.45, 7) is 2.88. The molecule has 0 aliphatic carbocycles. The van der Waals surface area contributed by atoms with Crippen molar-refractivity contribution in [3.63, 3.8) is 0 Å². The first-order valence-corrected chi connectivity index (χ1v) is 8.80. The van der Waals surface area contributed by atoms with Crippen LogP contribution in [0.1, 0.15) is 36.0 Å². The molecule has 1 unspecified atom stereocenters. The maximum atomic E-state index is 12.5. The van der Waals surface area contributed by atoms with Crippen molar-refractivity contribution < 1.29 is 4.79 Å². The summed E-state index contributed by atoms with van der Waals surface area (Å²) in [4.78, 5) is 14.5. The van der Waals surface area contributed by atoms with Crippen molar-refractivity contribution in [2.75, 3.05) is 19.6 Å². The molecule has 2 fully saturated rings. The van der Waals surface area contributed by atoms with Crippen molar-refractivity contribution in [2.24, 2.45) is 5.92 Å². The van der Waals surface area contributed by atoms with Crippen LogP contribution in [0.2, 0.25) is 5.02 Å². The van der Waals surface area contributed by atoms with Crippen LogP contribution in [0.4, 0.5) is 0 Å². The monoisotopic (exact) mass is 370 g/mol. The molecule has 2 saturated heterocycles. The van der Waals surface area contributed by atoms with E-state index < -0.39 is 0 Å². The fraction of sp³-hybridized carbons (Fsp3) is 0.562. The number of likely N-dealkylation sites (tertiary alicyclic amines) is 1. The van der Waals surface area contributed by atoms with Gasteiger partial charge < -0.3 is 10.2 Å². The minimum atomic E-state index is 0.116. The van der Waals surface area contributed by atoms with Gasteiger partial charge in [-0.15, -0.1) is 0 Å². The Morgan fingerprint density at radius 2 is 2.05 bits per heavy atom. The number of hydrogen-bond acceptors (Lipinski definition) is 2. The average molecular weight is 372 g/mol. The van der Waals surface area contributed by atoms with Gasteiger partial charge in [-0.1, -0.05) is 11.6 Å². The van der Waals surface area contributed by atoms with Gasteiger partial charge >= 0.3 is 0 Å². The summed E-state index contributed by atoms with van der Waals surface area (Å²) in [7, 11) is 0. The standard InChI is InChI=1S/C16H20BrClN2O/c17-13-10-12(3-4-14(13)18)16(21)20-8-5-11(6-9-20)15-2-1-7-19-15/h3-4,10-11,15,19H,1-2,5-9H2. The van der Waals surface area contributed by atoms with Crippen molar-refractivity contribution >= 4 is 33.4 Å². The number of halogens is 2. The van der Waals surface area contributed by atoms with Crippen LogP contribution in [0.25, 0.3) is 0 Å². The maximum Gasteiger partial charge on any atom is 0.253 e. The van der Waals surface area contributed by atoms with Crippen LogP contribution in [0.15, 0.2) is 22.7 Å². The minimum absolute atomic E-state index is 0.116. The first kappa shape index (κ1) is 15.3. The molecule has 1 aromatic carbocycles. The Morgan fingerprint density at radius 1 is 1.29 bits per heavy atom. The Hall–Kier alpha value is -0.580. The molecule has 3 nitrogen and oxygen atoms in total. The van der Waals surface area contributed by atoms with E-state index in [4.69, 9.17) is 11.6 Å². The van der Waals surface area contributed by atoms with Crippen molar-refractivity contribution in [3.8, 4) is 0 Å². The Labute approximate surface area is 139 Å². The summed E-state index contributed by atoms with van der Waals surface area (Å²) in [5, 5.41) is 4.23. The van der Waals surface area contributed by atoms with Gasteiger partial charge in [-0.3, -0.25) is 4.79 Å². The molecule has 3 rings (SSSR count). The molecular formula is C16H20BrClN2O. The third-order valence-corrected chi connectivity index (χ3v) is 5.87. The molecule has 0 aromatic heterocycles. The molecule has 1 amide bonds. The molecular weight excluding hydrogens is 352 g/mol. The van der Waals surface area contributed by atoms with E-state index in [0.717, 1.165) is 42.9 Å². The van der Waals surface area contributed by atoms with Gasteiger partial charge in [0.25, 0.3) is 5.91 Å². The molecule has 1 atom stereocenters. The molecule has 0 spiro atoms. The summed E-state index contributed by atoms with van der Waals surface area (Å²) < 4.78 is 0.778. The van der Waals surface area contributed by atoms with Crippen LogP contribution in [0.3, 0.4) is 0 Å². The van der Waals surface area contributed by atoms with E-state index >= 15 is 0 Å². The zero-order chi connectivity index (χ0) is 14.8. The van der Waals surface area contributed by atoms with Gasteiger partial charge in [-0.05, 0) is 72.3 Å². The Morgan fingerprint density at radius 3 is 2.67 bits per heavy atom. The molecule has 1 N–H and O–H groups in total. The number of hydrogen-bond donors (Lipinski definition) is 1. The van der Waals surface area contributed by atoms with Gasteiger partial charge in [0, 0.05) is 29.2 Å². The zero-order valence-corrected chi connectivity index (χ0v) is 14.3. The Bertz CT molecular complexity index is 523. The predicted molar refractivity (Wildman–Crippen MR) is 88.8 cm³/mol. The van der Waals surface area contributed by atoms with Crippen LogP contribution in [0.5, 0.6) is 0 Å². The van der Waals surface area contributed by atoms with E-state index in [9.17, 15) is 4.79 Å². The summed E-state index contributed by atoms with van der Waals surface area (Å²) in [5.74, 6) is 0.846. The molecule has 0 radical (unpaired) electrons. The Kier molecular flexibility index (Phi) is 4.87. The lowest BCUT2D eigenvalue weighted by Crippen LogP contribution is -2.43. The summed E-state index contributed by atoms with van der Waals surface area (Å²) in [5.41, 5.74) is 0.712. The lowest BCUT2D eigenvalue weighted by Gasteiger charge is -2.35. The molecule has 21 heavy (non-hydrogen) atoms. The van der Waals surface area contributed by atoms with E-state index in [1.807, 2.05) is 11.0 Å². The van der Waals surface area contributed by atoms with Gasteiger partial charge in [0.15, 0.2) is 0 Å². The highest BCUT2D eigenvalue weighted by molar-refractivity contribution is 9.10. The van der Waals surface area contributed by atoms with E-state index in [1.165, 1.54) is 12.8 Å². The van der Waals surface area contributed by atoms with Crippen molar-refractivity contribution in [3.05, 3.63) is 33.3 Å². The predicted octanol–water partition coefficient (Wildman–Crippen LogP) is 3.71. The second kappa shape index (κ2) is 6.67. The summed E-state index contributed by atoms with van der Waals surface area (Å²) >= 11 is 9.37. The van der Waals surface area contributed by atoms with Crippen molar-refractivity contribution in [2.45, 2.75) is 31.7 Å². The van der Waals surface area contributed by atoms with Crippen molar-refractivity contribution in [1.29, 1.82) is 0 Å². The number of amides is 1. The first-order valence-electron chi connectivity index (χ1n) is 7.63. The maximum absolute atomic E-state index is 12.5. The SMILES string of the molecule is O=C(c1ccc(Cl)c(Br)c1)N1CCC(C2CCCN2)CC1. The lowest BCUT2D eigenvalue weighted by molar-refractivity contribution is 0.0674. The molecule has 2 heterocycles. The quantitative estimate of drug-likeness (QED) is 0.859. The zero-order valence-electron chi connectivity index (χ0n) is 11.9. The molecule has 2 aliphatic heterocycles. The van der Waals surface area contributed by atoms with E-state index in [2.05, 4.69) is 21.2 Å². The number of nitrogens with zero attached hydrogens (tertiary/aromatic N) is 1. The molecule has 0 bridgehead atoms. The largest absolute Gasteiger partial charge is 0.339 e. The van der Waals surface area contributed by atoms with E-state index in [0.29, 0.717) is 16.6 Å². The highest BCUT2D eigenvalue weighted by Gasteiger charge is 2.30. The summed E-state index contributed by atoms with van der Waals surface area (Å²) in [6.07, 6.45) is 4.81. The highest BCUT2D eigenvalue weighted by atomic mass is 79.9. The van der Waals surface area contributed by atoms with Crippen LogP contribution in [0, 0.1) is 5.92 Å². The van der Waals surface area contributed by atoms with E-state index in [1.54, 1.807) is 12.1 Å². The minimum Gasteiger partial charge on any atom is -0.339 e. The number of piperidine rings is 1. The molecule has 2 aliphatic rings. The third kappa shape index (κ3) is 3.43. The first-order chi connectivity index (χ1) is 10.1. The van der Waals surface area contributed by atoms with Gasteiger partial charge in [0.1, 0.15) is 0 Å². The molecule has 114 valence electrons. The average Bonchev–Trinajstić information content (AvgIpc) is 3.04. The molecule has 1 aromatic rings. The topological polar surface area (TPSA) is 32.3 Å². The smallest absolute Gasteiger partial charge is 0.253 e. The number of rotatable bonds is 2. The fourth-order valence-corrected chi connectivity index (χ4v) is 3.93. The highest BCUT2D eigenvalue weighted by Crippen LogP contribution is 2.28. The van der Waals surface area contributed by atoms with Gasteiger partial charge in [-0.25, -0.2) is 0 Å². The van der Waals surface area contributed by atoms with Crippen LogP contribution in [-0.4, -0.2) is 36.5 Å².